The van der Waals surface area contributed by atoms with Gasteiger partial charge in [0.15, 0.2) is 0 Å². The van der Waals surface area contributed by atoms with Crippen LogP contribution in [0.4, 0.5) is 4.39 Å². The summed E-state index contributed by atoms with van der Waals surface area (Å²) < 4.78 is 12.2. The van der Waals surface area contributed by atoms with Gasteiger partial charge >= 0.3 is 0 Å². The highest BCUT2D eigenvalue weighted by atomic mass is 35.5. The van der Waals surface area contributed by atoms with Crippen LogP contribution in [-0.4, -0.2) is 10.2 Å². The molecule has 0 aromatic heterocycles. The summed E-state index contributed by atoms with van der Waals surface area (Å²) in [5, 5.41) is 0. The zero-order valence-corrected chi connectivity index (χ0v) is 9.53. The second-order valence-electron chi connectivity index (χ2n) is 1.76. The minimum Gasteiger partial charge on any atom is -0.207 e. The maximum atomic E-state index is 12.2. The maximum absolute atomic E-state index is 12.2. The van der Waals surface area contributed by atoms with E-state index in [1.807, 2.05) is 0 Å². The van der Waals surface area contributed by atoms with Crippen molar-refractivity contribution in [2.45, 2.75) is 12.4 Å². The summed E-state index contributed by atoms with van der Waals surface area (Å²) in [5.74, 6) is 0.226. The molecule has 0 aliphatic heterocycles. The third kappa shape index (κ3) is 4.17. The largest absolute Gasteiger partial charge is 0.207 e. The van der Waals surface area contributed by atoms with Crippen LogP contribution in [0, 0.1) is 5.82 Å². The number of rotatable bonds is 1. The molecule has 0 aliphatic carbocycles. The van der Waals surface area contributed by atoms with Crippen LogP contribution < -0.4 is 0 Å². The molecule has 0 atom stereocenters. The zero-order valence-electron chi connectivity index (χ0n) is 6.77. The van der Waals surface area contributed by atoms with Gasteiger partial charge in [0.05, 0.1) is 0 Å². The summed E-state index contributed by atoms with van der Waals surface area (Å²) in [6.45, 7) is 2.14. The third-order valence-electron chi connectivity index (χ3n) is 1.07. The summed E-state index contributed by atoms with van der Waals surface area (Å²) in [6.07, 6.45) is 0. The number of halogens is 2. The zero-order chi connectivity index (χ0) is 8.69. The summed E-state index contributed by atoms with van der Waals surface area (Å²) in [4.78, 5) is 0. The molecule has 0 nitrogen and oxygen atoms in total. The third-order valence-corrected chi connectivity index (χ3v) is 1.38. The van der Waals surface area contributed by atoms with E-state index in [0.29, 0.717) is 5.88 Å². The molecule has 0 saturated heterocycles. The van der Waals surface area contributed by atoms with Gasteiger partial charge in [0, 0.05) is 5.88 Å². The van der Waals surface area contributed by atoms with Crippen molar-refractivity contribution < 1.29 is 4.39 Å². The molecule has 1 aromatic rings. The quantitative estimate of drug-likeness (QED) is 0.469. The molecular weight excluding hydrogens is 179 g/mol. The van der Waals surface area contributed by atoms with Crippen LogP contribution in [0.25, 0.3) is 0 Å². The van der Waals surface area contributed by atoms with E-state index in [2.05, 4.69) is 6.55 Å². The molecule has 0 aliphatic rings. The highest BCUT2D eigenvalue weighted by Gasteiger charge is 1.88. The molecule has 0 unspecified atom stereocenters. The molecule has 0 bridgehead atoms. The summed E-state index contributed by atoms with van der Waals surface area (Å²) in [6, 6.07) is 6.14. The molecule has 0 amide bonds. The molecular formula is C8H12ClFSi. The predicted molar refractivity (Wildman–Crippen MR) is 51.8 cm³/mol. The highest BCUT2D eigenvalue weighted by Crippen LogP contribution is 2.04. The van der Waals surface area contributed by atoms with E-state index in [9.17, 15) is 4.39 Å². The smallest absolute Gasteiger partial charge is 0.123 e. The van der Waals surface area contributed by atoms with Crippen LogP contribution >= 0.6 is 11.6 Å². The molecule has 11 heavy (non-hydrogen) atoms. The first kappa shape index (κ1) is 10.7. The lowest BCUT2D eigenvalue weighted by molar-refractivity contribution is 0.627. The van der Waals surface area contributed by atoms with Crippen LogP contribution in [0.1, 0.15) is 5.56 Å². The van der Waals surface area contributed by atoms with Gasteiger partial charge in [-0.25, -0.2) is 4.39 Å². The molecule has 0 spiro atoms. The van der Waals surface area contributed by atoms with Crippen LogP contribution in [0.3, 0.4) is 0 Å². The van der Waals surface area contributed by atoms with Gasteiger partial charge in [0.2, 0.25) is 0 Å². The Bertz CT molecular complexity index is 186. The minimum absolute atomic E-state index is 0.219. The lowest BCUT2D eigenvalue weighted by Crippen LogP contribution is -1.76. The first-order valence-corrected chi connectivity index (χ1v) is 6.17. The number of benzene rings is 1. The fourth-order valence-corrected chi connectivity index (χ4v) is 0.752. The van der Waals surface area contributed by atoms with E-state index in [0.717, 1.165) is 5.56 Å². The lowest BCUT2D eigenvalue weighted by Gasteiger charge is -1.91. The fraction of sp³-hybridized carbons (Fsp3) is 0.250. The molecule has 1 aromatic carbocycles. The van der Waals surface area contributed by atoms with Gasteiger partial charge in [-0.05, 0) is 27.9 Å². The maximum Gasteiger partial charge on any atom is 0.123 e. The molecule has 3 heteroatoms. The normalized spacial score (nSPS) is 8.64. The minimum atomic E-state index is -0.219. The van der Waals surface area contributed by atoms with Gasteiger partial charge in [-0.1, -0.05) is 18.7 Å². The van der Waals surface area contributed by atoms with Crippen LogP contribution in [0.5, 0.6) is 0 Å². The van der Waals surface area contributed by atoms with Gasteiger partial charge in [0.25, 0.3) is 0 Å². The molecule has 0 N–H and O–H groups in total. The van der Waals surface area contributed by atoms with Gasteiger partial charge in [0.1, 0.15) is 5.82 Å². The van der Waals surface area contributed by atoms with Gasteiger partial charge in [-0.15, -0.1) is 11.6 Å². The number of hydrogen-bond acceptors (Lipinski definition) is 0. The van der Waals surface area contributed by atoms with E-state index < -0.39 is 0 Å². The van der Waals surface area contributed by atoms with Crippen LogP contribution in [0.15, 0.2) is 24.3 Å². The van der Waals surface area contributed by atoms with E-state index >= 15 is 0 Å². The Kier molecular flexibility index (Phi) is 6.17. The Labute approximate surface area is 74.8 Å². The first-order valence-electron chi connectivity index (χ1n) is 3.63. The van der Waals surface area contributed by atoms with Crippen molar-refractivity contribution in [2.75, 3.05) is 0 Å². The van der Waals surface area contributed by atoms with Gasteiger partial charge in [-0.3, -0.25) is 0 Å². The second kappa shape index (κ2) is 6.37. The standard InChI is InChI=1S/C7H6ClF.CH6Si/c8-5-6-1-3-7(9)4-2-6;1-2/h1-4H,5H2;1-2H3. The van der Waals surface area contributed by atoms with Crippen LogP contribution in [0.2, 0.25) is 6.55 Å². The van der Waals surface area contributed by atoms with Crippen molar-refractivity contribution in [3.63, 3.8) is 0 Å². The van der Waals surface area contributed by atoms with Crippen molar-refractivity contribution in [1.29, 1.82) is 0 Å². The number of alkyl halides is 1. The van der Waals surface area contributed by atoms with E-state index in [4.69, 9.17) is 11.6 Å². The molecule has 0 radical (unpaired) electrons. The van der Waals surface area contributed by atoms with Crippen molar-refractivity contribution in [1.82, 2.24) is 0 Å². The Hall–Kier alpha value is -0.343. The molecule has 62 valence electrons. The van der Waals surface area contributed by atoms with Crippen molar-refractivity contribution in [3.8, 4) is 0 Å². The summed E-state index contributed by atoms with van der Waals surface area (Å²) in [5.41, 5.74) is 0.943. The van der Waals surface area contributed by atoms with Gasteiger partial charge in [-0.2, -0.15) is 0 Å². The Morgan fingerprint density at radius 1 is 1.27 bits per heavy atom. The SMILES string of the molecule is C[SiH3].Fc1ccc(CCl)cc1. The van der Waals surface area contributed by atoms with E-state index in [1.165, 1.54) is 22.4 Å². The van der Waals surface area contributed by atoms with Gasteiger partial charge < -0.3 is 0 Å². The predicted octanol–water partition coefficient (Wildman–Crippen LogP) is 1.96. The van der Waals surface area contributed by atoms with Crippen molar-refractivity contribution in [2.24, 2.45) is 0 Å². The average Bonchev–Trinajstić information content (AvgIpc) is 2.10. The first-order chi connectivity index (χ1) is 5.33. The second-order valence-corrected chi connectivity index (χ2v) is 2.03. The van der Waals surface area contributed by atoms with Crippen molar-refractivity contribution >= 4 is 21.8 Å². The highest BCUT2D eigenvalue weighted by molar-refractivity contribution is 6.17. The fourth-order valence-electron chi connectivity index (χ4n) is 0.573. The molecule has 1 rings (SSSR count). The Morgan fingerprint density at radius 3 is 2.09 bits per heavy atom. The summed E-state index contributed by atoms with van der Waals surface area (Å²) >= 11 is 5.46. The molecule has 0 fully saturated rings. The topological polar surface area (TPSA) is 0 Å². The van der Waals surface area contributed by atoms with E-state index in [-0.39, 0.29) is 5.82 Å². The Morgan fingerprint density at radius 2 is 1.73 bits per heavy atom. The molecule has 0 heterocycles. The molecule has 0 saturated carbocycles. The average molecular weight is 191 g/mol. The Balaban J connectivity index is 0.000000461. The lowest BCUT2D eigenvalue weighted by atomic mass is 10.2. The number of hydrogen-bond donors (Lipinski definition) is 0. The van der Waals surface area contributed by atoms with Crippen molar-refractivity contribution in [3.05, 3.63) is 35.6 Å². The van der Waals surface area contributed by atoms with Crippen LogP contribution in [-0.2, 0) is 5.88 Å². The van der Waals surface area contributed by atoms with E-state index in [1.54, 1.807) is 12.1 Å². The monoisotopic (exact) mass is 190 g/mol. The summed E-state index contributed by atoms with van der Waals surface area (Å²) in [7, 11) is 1.31.